The molecule has 1 aliphatic rings. The fraction of sp³-hybridized carbons (Fsp3) is 1.00. The van der Waals surface area contributed by atoms with Crippen LogP contribution in [-0.2, 0) is 9.16 Å². The van der Waals surface area contributed by atoms with E-state index in [4.69, 9.17) is 9.16 Å². The first kappa shape index (κ1) is 17.0. The molecule has 0 aromatic rings. The van der Waals surface area contributed by atoms with Gasteiger partial charge in [0.15, 0.2) is 14.6 Å². The van der Waals surface area contributed by atoms with Crippen LogP contribution in [0.4, 0.5) is 0 Å². The minimum absolute atomic E-state index is 0.0172. The van der Waals surface area contributed by atoms with Crippen LogP contribution in [0.3, 0.4) is 0 Å². The molecule has 0 aromatic heterocycles. The van der Waals surface area contributed by atoms with Gasteiger partial charge in [0.25, 0.3) is 0 Å². The normalized spacial score (nSPS) is 37.4. The van der Waals surface area contributed by atoms with E-state index >= 15 is 0 Å². The van der Waals surface area contributed by atoms with Gasteiger partial charge in [0, 0.05) is 0 Å². The Morgan fingerprint density at radius 2 is 1.53 bits per heavy atom. The standard InChI is InChI=1S/C12H26O6Si/c1-12(2,3)19(4,5)17-6-7-8(13)9(14)10(15)11(16)18-7/h7-11,13-16H,6H2,1-5H3/t7-,8-,9+,10-,11+/m1/s1. The van der Waals surface area contributed by atoms with E-state index in [-0.39, 0.29) is 11.6 Å². The Bertz CT molecular complexity index is 303. The highest BCUT2D eigenvalue weighted by Crippen LogP contribution is 2.37. The van der Waals surface area contributed by atoms with Crippen molar-refractivity contribution in [3.63, 3.8) is 0 Å². The fourth-order valence-electron chi connectivity index (χ4n) is 1.58. The molecule has 5 atom stereocenters. The van der Waals surface area contributed by atoms with Crippen LogP contribution in [0.2, 0.25) is 18.1 Å². The molecule has 6 nitrogen and oxygen atoms in total. The zero-order valence-electron chi connectivity index (χ0n) is 12.2. The molecule has 1 fully saturated rings. The summed E-state index contributed by atoms with van der Waals surface area (Å²) in [5.41, 5.74) is 0. The van der Waals surface area contributed by atoms with Gasteiger partial charge in [-0.15, -0.1) is 0 Å². The number of ether oxygens (including phenoxy) is 1. The predicted molar refractivity (Wildman–Crippen MR) is 72.0 cm³/mol. The highest BCUT2D eigenvalue weighted by molar-refractivity contribution is 6.74. The van der Waals surface area contributed by atoms with Crippen molar-refractivity contribution in [3.05, 3.63) is 0 Å². The number of aliphatic hydroxyl groups is 4. The number of rotatable bonds is 3. The van der Waals surface area contributed by atoms with Crippen LogP contribution in [0.1, 0.15) is 20.8 Å². The van der Waals surface area contributed by atoms with E-state index in [0.29, 0.717) is 0 Å². The van der Waals surface area contributed by atoms with Crippen molar-refractivity contribution in [3.8, 4) is 0 Å². The van der Waals surface area contributed by atoms with Crippen molar-refractivity contribution < 1.29 is 29.6 Å². The lowest BCUT2D eigenvalue weighted by molar-refractivity contribution is -0.285. The highest BCUT2D eigenvalue weighted by atomic mass is 28.4. The lowest BCUT2D eigenvalue weighted by Crippen LogP contribution is -2.59. The first-order valence-corrected chi connectivity index (χ1v) is 9.40. The lowest BCUT2D eigenvalue weighted by atomic mass is 10.00. The van der Waals surface area contributed by atoms with Gasteiger partial charge in [-0.25, -0.2) is 0 Å². The first-order valence-electron chi connectivity index (χ1n) is 6.49. The molecule has 0 bridgehead atoms. The minimum atomic E-state index is -2.00. The molecule has 19 heavy (non-hydrogen) atoms. The largest absolute Gasteiger partial charge is 0.414 e. The SMILES string of the molecule is CC(C)(C)[Si](C)(C)OC[C@H]1O[C@H](O)[C@H](O)[C@@H](O)[C@@H]1O. The summed E-state index contributed by atoms with van der Waals surface area (Å²) in [6.45, 7) is 10.5. The molecule has 0 saturated carbocycles. The topological polar surface area (TPSA) is 99.4 Å². The summed E-state index contributed by atoms with van der Waals surface area (Å²) in [5, 5.41) is 38.2. The Morgan fingerprint density at radius 3 is 2.00 bits per heavy atom. The summed E-state index contributed by atoms with van der Waals surface area (Å²) in [7, 11) is -2.00. The Labute approximate surface area is 115 Å². The van der Waals surface area contributed by atoms with Crippen LogP contribution in [0.5, 0.6) is 0 Å². The number of hydrogen-bond acceptors (Lipinski definition) is 6. The van der Waals surface area contributed by atoms with E-state index in [1.807, 2.05) is 0 Å². The third kappa shape index (κ3) is 3.75. The molecule has 0 unspecified atom stereocenters. The van der Waals surface area contributed by atoms with Crippen LogP contribution in [0.15, 0.2) is 0 Å². The summed E-state index contributed by atoms with van der Waals surface area (Å²) < 4.78 is 11.0. The van der Waals surface area contributed by atoms with Crippen molar-refractivity contribution in [1.29, 1.82) is 0 Å². The zero-order valence-corrected chi connectivity index (χ0v) is 13.2. The highest BCUT2D eigenvalue weighted by Gasteiger charge is 2.45. The van der Waals surface area contributed by atoms with Gasteiger partial charge in [0.1, 0.15) is 24.4 Å². The maximum Gasteiger partial charge on any atom is 0.192 e. The van der Waals surface area contributed by atoms with E-state index in [0.717, 1.165) is 0 Å². The Balaban J connectivity index is 2.63. The molecule has 1 heterocycles. The van der Waals surface area contributed by atoms with E-state index in [2.05, 4.69) is 33.9 Å². The summed E-state index contributed by atoms with van der Waals surface area (Å²) in [4.78, 5) is 0. The van der Waals surface area contributed by atoms with Crippen LogP contribution in [0, 0.1) is 0 Å². The average molecular weight is 294 g/mol. The Hall–Kier alpha value is -0.0231. The number of aliphatic hydroxyl groups excluding tert-OH is 4. The Kier molecular flexibility index (Phi) is 5.17. The van der Waals surface area contributed by atoms with E-state index in [1.165, 1.54) is 0 Å². The van der Waals surface area contributed by atoms with Crippen molar-refractivity contribution >= 4 is 8.32 Å². The van der Waals surface area contributed by atoms with Crippen LogP contribution in [0.25, 0.3) is 0 Å². The molecule has 1 rings (SSSR count). The van der Waals surface area contributed by atoms with Crippen LogP contribution in [-0.4, -0.2) is 66.1 Å². The molecule has 114 valence electrons. The molecular formula is C12H26O6Si. The maximum absolute atomic E-state index is 9.81. The quantitative estimate of drug-likeness (QED) is 0.538. The molecule has 1 aliphatic heterocycles. The van der Waals surface area contributed by atoms with Crippen molar-refractivity contribution in [2.75, 3.05) is 6.61 Å². The predicted octanol–water partition coefficient (Wildman–Crippen LogP) is -0.192. The van der Waals surface area contributed by atoms with Gasteiger partial charge < -0.3 is 29.6 Å². The summed E-state index contributed by atoms with van der Waals surface area (Å²) in [5.74, 6) is 0. The maximum atomic E-state index is 9.81. The summed E-state index contributed by atoms with van der Waals surface area (Å²) >= 11 is 0. The fourth-order valence-corrected chi connectivity index (χ4v) is 2.59. The second kappa shape index (κ2) is 5.77. The second-order valence-electron chi connectivity index (χ2n) is 6.61. The smallest absolute Gasteiger partial charge is 0.192 e. The van der Waals surface area contributed by atoms with Gasteiger partial charge in [-0.1, -0.05) is 20.8 Å². The Morgan fingerprint density at radius 1 is 1.00 bits per heavy atom. The molecular weight excluding hydrogens is 268 g/mol. The lowest BCUT2D eigenvalue weighted by Gasteiger charge is -2.41. The van der Waals surface area contributed by atoms with E-state index in [9.17, 15) is 20.4 Å². The van der Waals surface area contributed by atoms with Crippen molar-refractivity contribution in [2.24, 2.45) is 0 Å². The van der Waals surface area contributed by atoms with Crippen molar-refractivity contribution in [2.45, 2.75) is 69.6 Å². The van der Waals surface area contributed by atoms with Gasteiger partial charge in [-0.2, -0.15) is 0 Å². The minimum Gasteiger partial charge on any atom is -0.414 e. The summed E-state index contributed by atoms with van der Waals surface area (Å²) in [6.07, 6.45) is -6.56. The molecule has 0 amide bonds. The zero-order chi connectivity index (χ0) is 15.0. The van der Waals surface area contributed by atoms with Gasteiger partial charge in [0.05, 0.1) is 6.61 Å². The molecule has 0 aliphatic carbocycles. The molecule has 0 spiro atoms. The van der Waals surface area contributed by atoms with E-state index in [1.54, 1.807) is 0 Å². The molecule has 0 aromatic carbocycles. The third-order valence-electron chi connectivity index (χ3n) is 4.10. The third-order valence-corrected chi connectivity index (χ3v) is 8.60. The van der Waals surface area contributed by atoms with Gasteiger partial charge in [-0.3, -0.25) is 0 Å². The van der Waals surface area contributed by atoms with Crippen molar-refractivity contribution in [1.82, 2.24) is 0 Å². The van der Waals surface area contributed by atoms with Gasteiger partial charge in [-0.05, 0) is 18.1 Å². The molecule has 0 radical (unpaired) electrons. The van der Waals surface area contributed by atoms with Gasteiger partial charge >= 0.3 is 0 Å². The molecule has 4 N–H and O–H groups in total. The monoisotopic (exact) mass is 294 g/mol. The second-order valence-corrected chi connectivity index (χ2v) is 11.4. The average Bonchev–Trinajstić information content (AvgIpc) is 2.28. The molecule has 7 heteroatoms. The van der Waals surface area contributed by atoms with E-state index < -0.39 is 39.0 Å². The van der Waals surface area contributed by atoms with Crippen LogP contribution >= 0.6 is 0 Å². The molecule has 1 saturated heterocycles. The first-order chi connectivity index (χ1) is 8.47. The summed E-state index contributed by atoms with van der Waals surface area (Å²) in [6, 6.07) is 0. The van der Waals surface area contributed by atoms with Gasteiger partial charge in [0.2, 0.25) is 0 Å². The number of hydrogen-bond donors (Lipinski definition) is 4. The van der Waals surface area contributed by atoms with Crippen LogP contribution < -0.4 is 0 Å².